The Morgan fingerprint density at radius 3 is 2.05 bits per heavy atom. The number of hydrogen-bond donors (Lipinski definition) is 0. The monoisotopic (exact) mass is 348 g/mol. The Hall–Kier alpha value is -0.620. The summed E-state index contributed by atoms with van der Waals surface area (Å²) in [5, 5.41) is 0. The zero-order valence-electron chi connectivity index (χ0n) is 14.5. The highest BCUT2D eigenvalue weighted by atomic mass is 32.2. The second kappa shape index (κ2) is 11.0. The number of ether oxygens (including phenoxy) is 2. The molecule has 0 N–H and O–H groups in total. The van der Waals surface area contributed by atoms with Crippen LogP contribution >= 0.6 is 23.5 Å². The van der Waals surface area contributed by atoms with E-state index < -0.39 is 5.41 Å². The molecule has 0 bridgehead atoms. The Bertz CT molecular complexity index is 391. The quantitative estimate of drug-likeness (QED) is 0.353. The lowest BCUT2D eigenvalue weighted by Gasteiger charge is -2.16. The minimum absolute atomic E-state index is 0.192. The molecular formula is C16H28O4S2. The predicted molar refractivity (Wildman–Crippen MR) is 95.0 cm³/mol. The van der Waals surface area contributed by atoms with Crippen molar-refractivity contribution in [1.29, 1.82) is 0 Å². The van der Waals surface area contributed by atoms with E-state index in [1.807, 2.05) is 33.3 Å². The largest absolute Gasteiger partial charge is 0.465 e. The lowest BCUT2D eigenvalue weighted by molar-refractivity contribution is -0.153. The van der Waals surface area contributed by atoms with E-state index >= 15 is 0 Å². The molecule has 0 aliphatic heterocycles. The third-order valence-electron chi connectivity index (χ3n) is 2.81. The number of carbonyl (C=O) groups excluding carboxylic acids is 2. The molecule has 0 heterocycles. The van der Waals surface area contributed by atoms with Crippen molar-refractivity contribution >= 4 is 35.5 Å². The van der Waals surface area contributed by atoms with Crippen molar-refractivity contribution in [3.05, 3.63) is 9.81 Å². The van der Waals surface area contributed by atoms with Crippen LogP contribution < -0.4 is 0 Å². The van der Waals surface area contributed by atoms with Gasteiger partial charge in [0.05, 0.1) is 28.4 Å². The molecule has 0 saturated carbocycles. The van der Waals surface area contributed by atoms with E-state index in [1.165, 1.54) is 0 Å². The third kappa shape index (κ3) is 8.13. The first-order valence-electron chi connectivity index (χ1n) is 7.43. The van der Waals surface area contributed by atoms with Gasteiger partial charge in [0.25, 0.3) is 0 Å². The summed E-state index contributed by atoms with van der Waals surface area (Å²) in [7, 11) is 0. The molecular weight excluding hydrogens is 320 g/mol. The molecule has 0 rings (SSSR count). The van der Waals surface area contributed by atoms with E-state index in [1.54, 1.807) is 30.4 Å². The van der Waals surface area contributed by atoms with Crippen LogP contribution in [0.1, 0.15) is 47.0 Å². The molecule has 0 aliphatic rings. The molecule has 22 heavy (non-hydrogen) atoms. The lowest BCUT2D eigenvalue weighted by atomic mass is 9.97. The first-order valence-corrected chi connectivity index (χ1v) is 9.88. The van der Waals surface area contributed by atoms with Crippen LogP contribution in [0.5, 0.6) is 0 Å². The number of esters is 2. The Morgan fingerprint density at radius 2 is 1.59 bits per heavy atom. The second-order valence-electron chi connectivity index (χ2n) is 5.74. The van der Waals surface area contributed by atoms with Crippen LogP contribution in [0.25, 0.3) is 0 Å². The number of rotatable bonds is 9. The molecule has 0 aromatic rings. The average molecular weight is 349 g/mol. The van der Waals surface area contributed by atoms with E-state index in [0.717, 1.165) is 22.7 Å². The summed E-state index contributed by atoms with van der Waals surface area (Å²) in [5.41, 5.74) is 0.255. The van der Waals surface area contributed by atoms with E-state index in [0.29, 0.717) is 19.6 Å². The van der Waals surface area contributed by atoms with Gasteiger partial charge in [-0.2, -0.15) is 0 Å². The first-order chi connectivity index (χ1) is 10.3. The van der Waals surface area contributed by atoms with E-state index in [9.17, 15) is 9.59 Å². The van der Waals surface area contributed by atoms with Gasteiger partial charge >= 0.3 is 11.9 Å². The molecule has 6 heteroatoms. The average Bonchev–Trinajstić information content (AvgIpc) is 2.44. The molecule has 0 atom stereocenters. The van der Waals surface area contributed by atoms with Gasteiger partial charge in [-0.25, -0.2) is 4.79 Å². The molecule has 0 aromatic heterocycles. The summed E-state index contributed by atoms with van der Waals surface area (Å²) in [5.74, 6) is -0.435. The standard InChI is InChI=1S/C16H28O4S2/c1-7-19-13(17)12(14(21-5)22-6)10-8-9-11-20-15(18)16(2,3)4/h7-11H2,1-6H3. The Labute approximate surface area is 142 Å². The van der Waals surface area contributed by atoms with Crippen molar-refractivity contribution < 1.29 is 19.1 Å². The normalized spacial score (nSPS) is 11.0. The van der Waals surface area contributed by atoms with E-state index in [4.69, 9.17) is 9.47 Å². The van der Waals surface area contributed by atoms with Crippen LogP contribution in [0.15, 0.2) is 9.81 Å². The zero-order valence-corrected chi connectivity index (χ0v) is 16.1. The predicted octanol–water partition coefficient (Wildman–Crippen LogP) is 4.25. The Kier molecular flexibility index (Phi) is 10.7. The molecule has 0 spiro atoms. The van der Waals surface area contributed by atoms with Crippen molar-refractivity contribution in [3.63, 3.8) is 0 Å². The molecule has 0 amide bonds. The van der Waals surface area contributed by atoms with Gasteiger partial charge in [0, 0.05) is 0 Å². The number of hydrogen-bond acceptors (Lipinski definition) is 6. The molecule has 0 radical (unpaired) electrons. The van der Waals surface area contributed by atoms with Crippen LogP contribution in [-0.4, -0.2) is 37.7 Å². The van der Waals surface area contributed by atoms with E-state index in [-0.39, 0.29) is 11.9 Å². The topological polar surface area (TPSA) is 52.6 Å². The minimum atomic E-state index is -0.471. The molecule has 0 fully saturated rings. The fourth-order valence-corrected chi connectivity index (χ4v) is 3.15. The number of thioether (sulfide) groups is 2. The molecule has 0 aliphatic carbocycles. The van der Waals surface area contributed by atoms with E-state index in [2.05, 4.69) is 0 Å². The molecule has 128 valence electrons. The molecule has 0 saturated heterocycles. The van der Waals surface area contributed by atoms with Crippen molar-refractivity contribution in [1.82, 2.24) is 0 Å². The van der Waals surface area contributed by atoms with Crippen LogP contribution in [-0.2, 0) is 19.1 Å². The van der Waals surface area contributed by atoms with Crippen LogP contribution in [0.2, 0.25) is 0 Å². The zero-order chi connectivity index (χ0) is 17.2. The minimum Gasteiger partial charge on any atom is -0.465 e. The van der Waals surface area contributed by atoms with Gasteiger partial charge in [-0.1, -0.05) is 0 Å². The first kappa shape index (κ1) is 21.4. The van der Waals surface area contributed by atoms with Gasteiger partial charge in [-0.05, 0) is 59.5 Å². The van der Waals surface area contributed by atoms with Gasteiger partial charge in [0.2, 0.25) is 0 Å². The van der Waals surface area contributed by atoms with Gasteiger partial charge in [-0.15, -0.1) is 23.5 Å². The SMILES string of the molecule is CCOC(=O)C(CCCCOC(=O)C(C)(C)C)=C(SC)SC. The van der Waals surface area contributed by atoms with Crippen LogP contribution in [0.3, 0.4) is 0 Å². The fourth-order valence-electron chi connectivity index (χ4n) is 1.62. The maximum Gasteiger partial charge on any atom is 0.335 e. The highest BCUT2D eigenvalue weighted by Crippen LogP contribution is 2.30. The summed E-state index contributed by atoms with van der Waals surface area (Å²) in [6.45, 7) is 8.07. The summed E-state index contributed by atoms with van der Waals surface area (Å²) >= 11 is 3.12. The lowest BCUT2D eigenvalue weighted by Crippen LogP contribution is -2.23. The molecule has 0 unspecified atom stereocenters. The maximum absolute atomic E-state index is 12.0. The van der Waals surface area contributed by atoms with Gasteiger partial charge in [-0.3, -0.25) is 4.79 Å². The second-order valence-corrected chi connectivity index (χ2v) is 7.63. The summed E-state index contributed by atoms with van der Waals surface area (Å²) < 4.78 is 11.3. The number of carbonyl (C=O) groups is 2. The molecule has 4 nitrogen and oxygen atoms in total. The highest BCUT2D eigenvalue weighted by molar-refractivity contribution is 8.21. The Morgan fingerprint density at radius 1 is 1.00 bits per heavy atom. The van der Waals surface area contributed by atoms with Crippen LogP contribution in [0.4, 0.5) is 0 Å². The molecule has 0 aromatic carbocycles. The summed E-state index contributed by atoms with van der Waals surface area (Å²) in [6, 6.07) is 0. The van der Waals surface area contributed by atoms with Crippen LogP contribution in [0, 0.1) is 5.41 Å². The fraction of sp³-hybridized carbons (Fsp3) is 0.750. The van der Waals surface area contributed by atoms with Gasteiger partial charge in [0.15, 0.2) is 0 Å². The third-order valence-corrected chi connectivity index (χ3v) is 5.04. The van der Waals surface area contributed by atoms with Gasteiger partial charge in [0.1, 0.15) is 0 Å². The smallest absolute Gasteiger partial charge is 0.335 e. The summed E-state index contributed by atoms with van der Waals surface area (Å²) in [6.07, 6.45) is 6.08. The van der Waals surface area contributed by atoms with Crippen molar-refractivity contribution in [2.24, 2.45) is 5.41 Å². The van der Waals surface area contributed by atoms with Crippen molar-refractivity contribution in [2.75, 3.05) is 25.7 Å². The van der Waals surface area contributed by atoms with Crippen molar-refractivity contribution in [2.45, 2.75) is 47.0 Å². The van der Waals surface area contributed by atoms with Gasteiger partial charge < -0.3 is 9.47 Å². The maximum atomic E-state index is 12.0. The highest BCUT2D eigenvalue weighted by Gasteiger charge is 2.22. The van der Waals surface area contributed by atoms with Crippen molar-refractivity contribution in [3.8, 4) is 0 Å². The summed E-state index contributed by atoms with van der Waals surface area (Å²) in [4.78, 5) is 23.7. The number of unbranched alkanes of at least 4 members (excludes halogenated alkanes) is 1. The Balaban J connectivity index is 4.40.